The summed E-state index contributed by atoms with van der Waals surface area (Å²) in [6, 6.07) is 17.7. The standard InChI is InChI=1S/C26H26N2O3S/c1-17-9-8-12-23(19(17)3)28-18(2)15-21(20(28)4)16-24-25(29)27(26(30)32-24)13-14-31-22-10-6-5-7-11-22/h5-12,15-16H,13-14H2,1-4H3/b24-16-. The van der Waals surface area contributed by atoms with Crippen molar-refractivity contribution in [3.8, 4) is 11.4 Å². The molecule has 1 aliphatic heterocycles. The Labute approximate surface area is 192 Å². The van der Waals surface area contributed by atoms with Crippen LogP contribution in [-0.4, -0.2) is 33.8 Å². The molecule has 2 heterocycles. The number of carbonyl (C=O) groups is 2. The molecule has 1 saturated heterocycles. The molecule has 2 aromatic carbocycles. The van der Waals surface area contributed by atoms with Crippen LogP contribution in [0.3, 0.4) is 0 Å². The number of carbonyl (C=O) groups excluding carboxylic acids is 2. The molecule has 1 fully saturated rings. The van der Waals surface area contributed by atoms with Gasteiger partial charge in [0.2, 0.25) is 0 Å². The normalized spacial score (nSPS) is 15.1. The molecule has 0 spiro atoms. The molecule has 3 aromatic rings. The summed E-state index contributed by atoms with van der Waals surface area (Å²) in [7, 11) is 0. The quantitative estimate of drug-likeness (QED) is 0.447. The zero-order chi connectivity index (χ0) is 22.8. The molecular formula is C26H26N2O3S. The summed E-state index contributed by atoms with van der Waals surface area (Å²) in [5, 5.41) is -0.263. The van der Waals surface area contributed by atoms with E-state index in [1.807, 2.05) is 43.3 Å². The SMILES string of the molecule is Cc1cccc(-n2c(C)cc(/C=C3\SC(=O)N(CCOc4ccccc4)C3=O)c2C)c1C. The molecule has 0 atom stereocenters. The van der Waals surface area contributed by atoms with Gasteiger partial charge in [-0.2, -0.15) is 0 Å². The first-order valence-corrected chi connectivity index (χ1v) is 11.4. The van der Waals surface area contributed by atoms with Crippen LogP contribution in [0.1, 0.15) is 28.1 Å². The van der Waals surface area contributed by atoms with Crippen LogP contribution in [0, 0.1) is 27.7 Å². The van der Waals surface area contributed by atoms with Crippen LogP contribution < -0.4 is 4.74 Å². The largest absolute Gasteiger partial charge is 0.492 e. The Bertz CT molecular complexity index is 1210. The van der Waals surface area contributed by atoms with Gasteiger partial charge in [0, 0.05) is 17.1 Å². The maximum absolute atomic E-state index is 12.9. The molecule has 1 aliphatic rings. The van der Waals surface area contributed by atoms with Crippen LogP contribution >= 0.6 is 11.8 Å². The fourth-order valence-corrected chi connectivity index (χ4v) is 4.74. The van der Waals surface area contributed by atoms with Crippen molar-refractivity contribution < 1.29 is 14.3 Å². The van der Waals surface area contributed by atoms with Crippen molar-refractivity contribution in [1.29, 1.82) is 0 Å². The van der Waals surface area contributed by atoms with Crippen LogP contribution in [-0.2, 0) is 4.79 Å². The lowest BCUT2D eigenvalue weighted by atomic mass is 10.1. The Morgan fingerprint density at radius 2 is 1.72 bits per heavy atom. The molecule has 1 aromatic heterocycles. The summed E-state index contributed by atoms with van der Waals surface area (Å²) in [6.45, 7) is 8.80. The molecule has 0 saturated carbocycles. The number of thioether (sulfide) groups is 1. The van der Waals surface area contributed by atoms with Crippen molar-refractivity contribution in [2.45, 2.75) is 27.7 Å². The first-order chi connectivity index (χ1) is 15.4. The van der Waals surface area contributed by atoms with Crippen molar-refractivity contribution >= 4 is 29.0 Å². The molecule has 0 aliphatic carbocycles. The minimum Gasteiger partial charge on any atom is -0.492 e. The van der Waals surface area contributed by atoms with Gasteiger partial charge in [0.05, 0.1) is 11.4 Å². The molecule has 0 N–H and O–H groups in total. The molecule has 5 nitrogen and oxygen atoms in total. The van der Waals surface area contributed by atoms with Crippen LogP contribution in [0.25, 0.3) is 11.8 Å². The Hall–Kier alpha value is -3.25. The first kappa shape index (κ1) is 22.0. The Kier molecular flexibility index (Phi) is 6.24. The van der Waals surface area contributed by atoms with Crippen LogP contribution in [0.5, 0.6) is 5.75 Å². The molecule has 32 heavy (non-hydrogen) atoms. The zero-order valence-electron chi connectivity index (χ0n) is 18.7. The lowest BCUT2D eigenvalue weighted by Crippen LogP contribution is -2.32. The minimum absolute atomic E-state index is 0.221. The van der Waals surface area contributed by atoms with E-state index < -0.39 is 0 Å². The van der Waals surface area contributed by atoms with Gasteiger partial charge in [-0.15, -0.1) is 0 Å². The third-order valence-electron chi connectivity index (χ3n) is 5.77. The Morgan fingerprint density at radius 1 is 0.969 bits per heavy atom. The van der Waals surface area contributed by atoms with Gasteiger partial charge in [-0.3, -0.25) is 14.5 Å². The van der Waals surface area contributed by atoms with Gasteiger partial charge in [0.1, 0.15) is 12.4 Å². The van der Waals surface area contributed by atoms with Crippen molar-refractivity contribution in [2.75, 3.05) is 13.2 Å². The molecule has 2 amide bonds. The summed E-state index contributed by atoms with van der Waals surface area (Å²) >= 11 is 0.982. The molecule has 0 radical (unpaired) electrons. The van der Waals surface area contributed by atoms with Gasteiger partial charge < -0.3 is 9.30 Å². The van der Waals surface area contributed by atoms with E-state index in [-0.39, 0.29) is 24.3 Å². The number of benzene rings is 2. The molecule has 4 rings (SSSR count). The molecule has 164 valence electrons. The highest BCUT2D eigenvalue weighted by atomic mass is 32.2. The summed E-state index contributed by atoms with van der Waals surface area (Å²) in [5.74, 6) is 0.446. The topological polar surface area (TPSA) is 51.5 Å². The second kappa shape index (κ2) is 9.09. The zero-order valence-corrected chi connectivity index (χ0v) is 19.5. The lowest BCUT2D eigenvalue weighted by molar-refractivity contribution is -0.123. The fourth-order valence-electron chi connectivity index (χ4n) is 3.89. The first-order valence-electron chi connectivity index (χ1n) is 10.6. The minimum atomic E-state index is -0.270. The van der Waals surface area contributed by atoms with E-state index in [2.05, 4.69) is 49.6 Å². The van der Waals surface area contributed by atoms with Gasteiger partial charge in [-0.05, 0) is 86.5 Å². The van der Waals surface area contributed by atoms with E-state index in [0.29, 0.717) is 10.7 Å². The maximum atomic E-state index is 12.9. The summed E-state index contributed by atoms with van der Waals surface area (Å²) < 4.78 is 7.85. The van der Waals surface area contributed by atoms with Crippen molar-refractivity contribution in [2.24, 2.45) is 0 Å². The van der Waals surface area contributed by atoms with E-state index in [1.165, 1.54) is 16.0 Å². The van der Waals surface area contributed by atoms with E-state index in [1.54, 1.807) is 0 Å². The Balaban J connectivity index is 1.54. The molecular weight excluding hydrogens is 420 g/mol. The lowest BCUT2D eigenvalue weighted by Gasteiger charge is -2.14. The second-order valence-corrected chi connectivity index (χ2v) is 8.87. The average molecular weight is 447 g/mol. The fraction of sp³-hybridized carbons (Fsp3) is 0.231. The highest BCUT2D eigenvalue weighted by Crippen LogP contribution is 2.34. The number of rotatable bonds is 6. The van der Waals surface area contributed by atoms with Gasteiger partial charge in [-0.25, -0.2) is 0 Å². The smallest absolute Gasteiger partial charge is 0.293 e. The number of aryl methyl sites for hydroxylation is 2. The van der Waals surface area contributed by atoms with Crippen LogP contribution in [0.4, 0.5) is 4.79 Å². The van der Waals surface area contributed by atoms with Gasteiger partial charge in [0.15, 0.2) is 0 Å². The number of imide groups is 1. The van der Waals surface area contributed by atoms with Gasteiger partial charge in [0.25, 0.3) is 11.1 Å². The Morgan fingerprint density at radius 3 is 2.47 bits per heavy atom. The monoisotopic (exact) mass is 446 g/mol. The van der Waals surface area contributed by atoms with Crippen molar-refractivity contribution in [3.05, 3.63) is 87.6 Å². The third kappa shape index (κ3) is 4.23. The van der Waals surface area contributed by atoms with Crippen LogP contribution in [0.2, 0.25) is 0 Å². The summed E-state index contributed by atoms with van der Waals surface area (Å²) in [5.41, 5.74) is 6.64. The van der Waals surface area contributed by atoms with E-state index in [4.69, 9.17) is 4.74 Å². The number of hydrogen-bond acceptors (Lipinski definition) is 4. The van der Waals surface area contributed by atoms with E-state index >= 15 is 0 Å². The highest BCUT2D eigenvalue weighted by molar-refractivity contribution is 8.18. The third-order valence-corrected chi connectivity index (χ3v) is 6.68. The number of hydrogen-bond donors (Lipinski definition) is 0. The average Bonchev–Trinajstić information content (AvgIpc) is 3.20. The van der Waals surface area contributed by atoms with Gasteiger partial charge >= 0.3 is 0 Å². The van der Waals surface area contributed by atoms with E-state index in [0.717, 1.165) is 34.4 Å². The molecule has 0 unspecified atom stereocenters. The van der Waals surface area contributed by atoms with Crippen LogP contribution in [0.15, 0.2) is 59.5 Å². The molecule has 0 bridgehead atoms. The number of amides is 2. The van der Waals surface area contributed by atoms with E-state index in [9.17, 15) is 9.59 Å². The maximum Gasteiger partial charge on any atom is 0.293 e. The summed E-state index contributed by atoms with van der Waals surface area (Å²) in [4.78, 5) is 27.0. The number of aromatic nitrogens is 1. The van der Waals surface area contributed by atoms with Gasteiger partial charge in [-0.1, -0.05) is 30.3 Å². The predicted molar refractivity (Wildman–Crippen MR) is 129 cm³/mol. The number of nitrogens with zero attached hydrogens (tertiary/aromatic N) is 2. The summed E-state index contributed by atoms with van der Waals surface area (Å²) in [6.07, 6.45) is 1.83. The van der Waals surface area contributed by atoms with Crippen molar-refractivity contribution in [3.63, 3.8) is 0 Å². The number of para-hydroxylation sites is 1. The second-order valence-electron chi connectivity index (χ2n) is 7.88. The molecule has 6 heteroatoms. The predicted octanol–water partition coefficient (Wildman–Crippen LogP) is 5.83. The number of ether oxygens (including phenoxy) is 1. The highest BCUT2D eigenvalue weighted by Gasteiger charge is 2.35. The van der Waals surface area contributed by atoms with Crippen molar-refractivity contribution in [1.82, 2.24) is 9.47 Å².